The summed E-state index contributed by atoms with van der Waals surface area (Å²) in [6, 6.07) is 11.0. The van der Waals surface area contributed by atoms with Crippen molar-refractivity contribution in [1.82, 2.24) is 15.2 Å². The molecular formula is C22H24N4O3. The summed E-state index contributed by atoms with van der Waals surface area (Å²) in [5.74, 6) is -0.253. The lowest BCUT2D eigenvalue weighted by molar-refractivity contribution is 0.0223. The molecule has 0 bridgehead atoms. The van der Waals surface area contributed by atoms with E-state index in [4.69, 9.17) is 10.00 Å². The number of hydrogen-bond acceptors (Lipinski definition) is 5. The molecule has 0 radical (unpaired) electrons. The lowest BCUT2D eigenvalue weighted by Gasteiger charge is -2.31. The van der Waals surface area contributed by atoms with Crippen LogP contribution in [0.3, 0.4) is 0 Å². The molecule has 150 valence electrons. The molecule has 1 aliphatic heterocycles. The van der Waals surface area contributed by atoms with Gasteiger partial charge in [-0.3, -0.25) is 9.78 Å². The van der Waals surface area contributed by atoms with Crippen molar-refractivity contribution in [2.24, 2.45) is 0 Å². The average Bonchev–Trinajstić information content (AvgIpc) is 2.70. The number of rotatable bonds is 3. The summed E-state index contributed by atoms with van der Waals surface area (Å²) >= 11 is 0. The van der Waals surface area contributed by atoms with Crippen LogP contribution in [0, 0.1) is 11.3 Å². The Morgan fingerprint density at radius 3 is 2.62 bits per heavy atom. The fourth-order valence-corrected chi connectivity index (χ4v) is 3.13. The van der Waals surface area contributed by atoms with Crippen LogP contribution in [0.2, 0.25) is 0 Å². The van der Waals surface area contributed by atoms with Gasteiger partial charge in [-0.25, -0.2) is 4.79 Å². The Labute approximate surface area is 170 Å². The fraction of sp³-hybridized carbons (Fsp3) is 0.364. The molecule has 1 aromatic carbocycles. The van der Waals surface area contributed by atoms with Crippen molar-refractivity contribution >= 4 is 12.0 Å². The van der Waals surface area contributed by atoms with Crippen LogP contribution in [0.15, 0.2) is 36.5 Å². The van der Waals surface area contributed by atoms with Gasteiger partial charge in [-0.05, 0) is 62.1 Å². The molecule has 2 amide bonds. The zero-order valence-electron chi connectivity index (χ0n) is 16.9. The number of ether oxygens (including phenoxy) is 1. The van der Waals surface area contributed by atoms with E-state index in [1.54, 1.807) is 23.2 Å². The minimum absolute atomic E-state index is 0.253. The molecule has 7 heteroatoms. The molecule has 1 aliphatic rings. The largest absolute Gasteiger partial charge is 0.444 e. The first kappa shape index (κ1) is 20.3. The maximum atomic E-state index is 12.7. The average molecular weight is 392 g/mol. The topological polar surface area (TPSA) is 95.3 Å². The first-order chi connectivity index (χ1) is 13.8. The van der Waals surface area contributed by atoms with Crippen LogP contribution in [-0.2, 0) is 24.2 Å². The van der Waals surface area contributed by atoms with Gasteiger partial charge in [0.2, 0.25) is 0 Å². The maximum Gasteiger partial charge on any atom is 0.410 e. The lowest BCUT2D eigenvalue weighted by Crippen LogP contribution is -2.40. The number of carbonyl (C=O) groups excluding carboxylic acids is 2. The SMILES string of the molecule is CC(C)(C)OC(=O)N1CCc2c(ccnc2C(=O)NCc2ccc(C#N)cc2)C1. The van der Waals surface area contributed by atoms with E-state index in [1.807, 2.05) is 39.0 Å². The zero-order chi connectivity index (χ0) is 21.0. The number of aromatic nitrogens is 1. The molecule has 2 aromatic rings. The first-order valence-electron chi connectivity index (χ1n) is 9.49. The molecular weight excluding hydrogens is 368 g/mol. The number of nitrogens with one attached hydrogen (secondary N) is 1. The Bertz CT molecular complexity index is 956. The molecule has 0 aliphatic carbocycles. The minimum Gasteiger partial charge on any atom is -0.444 e. The van der Waals surface area contributed by atoms with E-state index in [2.05, 4.69) is 16.4 Å². The molecule has 0 fully saturated rings. The number of nitriles is 1. The number of nitrogens with zero attached hydrogens (tertiary/aromatic N) is 3. The van der Waals surface area contributed by atoms with Crippen LogP contribution in [0.4, 0.5) is 4.79 Å². The smallest absolute Gasteiger partial charge is 0.410 e. The van der Waals surface area contributed by atoms with Crippen LogP contribution < -0.4 is 5.32 Å². The lowest BCUT2D eigenvalue weighted by atomic mass is 9.98. The van der Waals surface area contributed by atoms with Gasteiger partial charge in [0.25, 0.3) is 5.91 Å². The van der Waals surface area contributed by atoms with Crippen LogP contribution in [-0.4, -0.2) is 34.0 Å². The normalized spacial score (nSPS) is 13.2. The molecule has 2 heterocycles. The van der Waals surface area contributed by atoms with E-state index in [1.165, 1.54) is 0 Å². The molecule has 7 nitrogen and oxygen atoms in total. The highest BCUT2D eigenvalue weighted by Gasteiger charge is 2.28. The van der Waals surface area contributed by atoms with Crippen molar-refractivity contribution < 1.29 is 14.3 Å². The van der Waals surface area contributed by atoms with Crippen molar-refractivity contribution in [2.45, 2.75) is 45.9 Å². The van der Waals surface area contributed by atoms with Gasteiger partial charge in [0.1, 0.15) is 11.3 Å². The number of hydrogen-bond donors (Lipinski definition) is 1. The van der Waals surface area contributed by atoms with Gasteiger partial charge < -0.3 is 15.0 Å². The summed E-state index contributed by atoms with van der Waals surface area (Å²) < 4.78 is 5.45. The van der Waals surface area contributed by atoms with Gasteiger partial charge in [-0.15, -0.1) is 0 Å². The van der Waals surface area contributed by atoms with Crippen LogP contribution >= 0.6 is 0 Å². The van der Waals surface area contributed by atoms with E-state index >= 15 is 0 Å². The third-order valence-corrected chi connectivity index (χ3v) is 4.55. The molecule has 3 rings (SSSR count). The summed E-state index contributed by atoms with van der Waals surface area (Å²) in [5.41, 5.74) is 3.09. The van der Waals surface area contributed by atoms with Crippen LogP contribution in [0.1, 0.15) is 53.5 Å². The maximum absolute atomic E-state index is 12.7. The minimum atomic E-state index is -0.550. The summed E-state index contributed by atoms with van der Waals surface area (Å²) in [6.45, 7) is 6.72. The quantitative estimate of drug-likeness (QED) is 0.866. The van der Waals surface area contributed by atoms with Gasteiger partial charge in [0.05, 0.1) is 11.6 Å². The van der Waals surface area contributed by atoms with Gasteiger partial charge in [-0.2, -0.15) is 5.26 Å². The van der Waals surface area contributed by atoms with Gasteiger partial charge in [0, 0.05) is 25.8 Å². The van der Waals surface area contributed by atoms with Crippen molar-refractivity contribution in [3.05, 3.63) is 64.5 Å². The third kappa shape index (κ3) is 5.11. The third-order valence-electron chi connectivity index (χ3n) is 4.55. The number of benzene rings is 1. The Morgan fingerprint density at radius 1 is 1.24 bits per heavy atom. The predicted molar refractivity (Wildman–Crippen MR) is 107 cm³/mol. The summed E-state index contributed by atoms with van der Waals surface area (Å²) in [7, 11) is 0. The number of carbonyl (C=O) groups is 2. The summed E-state index contributed by atoms with van der Waals surface area (Å²) in [6.07, 6.45) is 1.78. The molecule has 29 heavy (non-hydrogen) atoms. The Balaban J connectivity index is 1.68. The molecule has 0 atom stereocenters. The molecule has 0 saturated carbocycles. The second-order valence-electron chi connectivity index (χ2n) is 7.94. The van der Waals surface area contributed by atoms with Gasteiger partial charge in [0.15, 0.2) is 0 Å². The van der Waals surface area contributed by atoms with Crippen molar-refractivity contribution in [2.75, 3.05) is 6.54 Å². The van der Waals surface area contributed by atoms with Crippen LogP contribution in [0.25, 0.3) is 0 Å². The van der Waals surface area contributed by atoms with E-state index in [9.17, 15) is 9.59 Å². The molecule has 1 aromatic heterocycles. The predicted octanol–water partition coefficient (Wildman–Crippen LogP) is 3.18. The molecule has 1 N–H and O–H groups in total. The van der Waals surface area contributed by atoms with E-state index in [0.29, 0.717) is 37.3 Å². The second kappa shape index (κ2) is 8.31. The Morgan fingerprint density at radius 2 is 1.97 bits per heavy atom. The molecule has 0 saturated heterocycles. The number of pyridine rings is 1. The van der Waals surface area contributed by atoms with Crippen molar-refractivity contribution in [3.8, 4) is 6.07 Å². The molecule has 0 unspecified atom stereocenters. The second-order valence-corrected chi connectivity index (χ2v) is 7.94. The van der Waals surface area contributed by atoms with E-state index in [0.717, 1.165) is 16.7 Å². The molecule has 0 spiro atoms. The summed E-state index contributed by atoms with van der Waals surface area (Å²) in [4.78, 5) is 30.9. The van der Waals surface area contributed by atoms with Gasteiger partial charge >= 0.3 is 6.09 Å². The summed E-state index contributed by atoms with van der Waals surface area (Å²) in [5, 5.41) is 11.7. The standard InChI is InChI=1S/C22H24N4O3/c1-22(2,3)29-21(28)26-11-9-18-17(14-26)8-10-24-19(18)20(27)25-13-16-6-4-15(12-23)5-7-16/h4-8,10H,9,11,13-14H2,1-3H3,(H,25,27). The highest BCUT2D eigenvalue weighted by atomic mass is 16.6. The van der Waals surface area contributed by atoms with Gasteiger partial charge in [-0.1, -0.05) is 12.1 Å². The highest BCUT2D eigenvalue weighted by molar-refractivity contribution is 5.94. The zero-order valence-corrected chi connectivity index (χ0v) is 16.9. The Hall–Kier alpha value is -3.40. The van der Waals surface area contributed by atoms with E-state index in [-0.39, 0.29) is 12.0 Å². The van der Waals surface area contributed by atoms with Crippen molar-refractivity contribution in [3.63, 3.8) is 0 Å². The van der Waals surface area contributed by atoms with E-state index < -0.39 is 5.60 Å². The first-order valence-corrected chi connectivity index (χ1v) is 9.49. The number of amides is 2. The fourth-order valence-electron chi connectivity index (χ4n) is 3.13. The van der Waals surface area contributed by atoms with Crippen molar-refractivity contribution in [1.29, 1.82) is 5.26 Å². The number of fused-ring (bicyclic) bond motifs is 1. The van der Waals surface area contributed by atoms with Crippen LogP contribution in [0.5, 0.6) is 0 Å². The monoisotopic (exact) mass is 392 g/mol. The Kier molecular flexibility index (Phi) is 5.83. The highest BCUT2D eigenvalue weighted by Crippen LogP contribution is 2.23.